The van der Waals surface area contributed by atoms with Crippen molar-refractivity contribution in [2.45, 2.75) is 25.4 Å². The van der Waals surface area contributed by atoms with Gasteiger partial charge >= 0.3 is 6.18 Å². The first kappa shape index (κ1) is 18.0. The third kappa shape index (κ3) is 3.69. The van der Waals surface area contributed by atoms with Crippen molar-refractivity contribution >= 4 is 10.9 Å². The van der Waals surface area contributed by atoms with Gasteiger partial charge in [-0.1, -0.05) is 12.1 Å². The molecule has 27 heavy (non-hydrogen) atoms. The van der Waals surface area contributed by atoms with Crippen molar-refractivity contribution < 1.29 is 13.2 Å². The molecule has 0 radical (unpaired) electrons. The lowest BCUT2D eigenvalue weighted by atomic mass is 9.93. The Morgan fingerprint density at radius 1 is 1.15 bits per heavy atom. The quantitative estimate of drug-likeness (QED) is 0.733. The number of benzene rings is 1. The molecule has 2 aromatic heterocycles. The molecule has 4 nitrogen and oxygen atoms in total. The second-order valence-electron chi connectivity index (χ2n) is 7.31. The minimum Gasteiger partial charge on any atom is -0.360 e. The molecule has 0 spiro atoms. The van der Waals surface area contributed by atoms with Crippen LogP contribution in [0.3, 0.4) is 0 Å². The van der Waals surface area contributed by atoms with Crippen molar-refractivity contribution in [3.63, 3.8) is 0 Å². The molecule has 1 aliphatic rings. The summed E-state index contributed by atoms with van der Waals surface area (Å²) in [7, 11) is 2.13. The SMILES string of the molecule is CN1CCC[C@@H](Cc2nnc(-c3ccc(C(F)(F)F)cc3)c3cc[nH]c23)C1. The third-order valence-electron chi connectivity index (χ3n) is 5.25. The maximum atomic E-state index is 12.8. The Morgan fingerprint density at radius 2 is 1.93 bits per heavy atom. The molecule has 142 valence electrons. The van der Waals surface area contributed by atoms with Crippen LogP contribution in [0.15, 0.2) is 36.5 Å². The fourth-order valence-electron chi connectivity index (χ4n) is 3.91. The van der Waals surface area contributed by atoms with E-state index in [2.05, 4.69) is 27.1 Å². The van der Waals surface area contributed by atoms with Crippen LogP contribution in [0.1, 0.15) is 24.1 Å². The number of halogens is 3. The lowest BCUT2D eigenvalue weighted by Crippen LogP contribution is -2.33. The van der Waals surface area contributed by atoms with Crippen LogP contribution in [0, 0.1) is 5.92 Å². The van der Waals surface area contributed by atoms with Gasteiger partial charge in [-0.2, -0.15) is 18.3 Å². The number of aromatic nitrogens is 3. The largest absolute Gasteiger partial charge is 0.416 e. The number of piperidine rings is 1. The average molecular weight is 374 g/mol. The van der Waals surface area contributed by atoms with Crippen molar-refractivity contribution in [1.29, 1.82) is 0 Å². The molecule has 7 heteroatoms. The molecule has 1 N–H and O–H groups in total. The summed E-state index contributed by atoms with van der Waals surface area (Å²) in [6, 6.07) is 6.99. The van der Waals surface area contributed by atoms with Crippen LogP contribution in [0.5, 0.6) is 0 Å². The van der Waals surface area contributed by atoms with Gasteiger partial charge < -0.3 is 9.88 Å². The van der Waals surface area contributed by atoms with Gasteiger partial charge in [-0.05, 0) is 57.0 Å². The van der Waals surface area contributed by atoms with E-state index < -0.39 is 11.7 Å². The molecule has 1 atom stereocenters. The average Bonchev–Trinajstić information content (AvgIpc) is 3.12. The number of alkyl halides is 3. The van der Waals surface area contributed by atoms with Crippen LogP contribution >= 0.6 is 0 Å². The normalized spacial score (nSPS) is 18.9. The second kappa shape index (κ2) is 6.96. The Bertz CT molecular complexity index is 931. The summed E-state index contributed by atoms with van der Waals surface area (Å²) in [4.78, 5) is 5.58. The summed E-state index contributed by atoms with van der Waals surface area (Å²) < 4.78 is 38.4. The predicted octanol–water partition coefficient (Wildman–Crippen LogP) is 4.53. The van der Waals surface area contributed by atoms with Crippen molar-refractivity contribution in [2.24, 2.45) is 5.92 Å². The number of likely N-dealkylation sites (tertiary alicyclic amines) is 1. The molecule has 1 fully saturated rings. The molecular weight excluding hydrogens is 353 g/mol. The summed E-state index contributed by atoms with van der Waals surface area (Å²) in [6.07, 6.45) is 0.700. The van der Waals surface area contributed by atoms with Crippen LogP contribution in [0.4, 0.5) is 13.2 Å². The Kier molecular flexibility index (Phi) is 4.63. The molecule has 3 aromatic rings. The summed E-state index contributed by atoms with van der Waals surface area (Å²) >= 11 is 0. The number of rotatable bonds is 3. The zero-order valence-corrected chi connectivity index (χ0v) is 15.1. The lowest BCUT2D eigenvalue weighted by molar-refractivity contribution is -0.137. The third-order valence-corrected chi connectivity index (χ3v) is 5.25. The van der Waals surface area contributed by atoms with E-state index in [1.807, 2.05) is 12.3 Å². The summed E-state index contributed by atoms with van der Waals surface area (Å²) in [5, 5.41) is 9.68. The van der Waals surface area contributed by atoms with E-state index in [9.17, 15) is 13.2 Å². The number of hydrogen-bond donors (Lipinski definition) is 1. The number of aromatic amines is 1. The zero-order chi connectivity index (χ0) is 19.0. The first-order chi connectivity index (χ1) is 12.9. The summed E-state index contributed by atoms with van der Waals surface area (Å²) in [6.45, 7) is 2.18. The van der Waals surface area contributed by atoms with Crippen LogP contribution in [0.2, 0.25) is 0 Å². The van der Waals surface area contributed by atoms with E-state index in [4.69, 9.17) is 0 Å². The maximum Gasteiger partial charge on any atom is 0.416 e. The van der Waals surface area contributed by atoms with Crippen LogP contribution in [-0.2, 0) is 12.6 Å². The van der Waals surface area contributed by atoms with Gasteiger partial charge in [0.05, 0.1) is 16.8 Å². The molecule has 0 bridgehead atoms. The standard InChI is InChI=1S/C20H21F3N4/c1-27-10-2-3-13(12-27)11-17-19-16(8-9-24-19)18(26-25-17)14-4-6-15(7-5-14)20(21,22)23/h4-9,13,24H,2-3,10-12H2,1H3/t13-/m0/s1. The Labute approximate surface area is 155 Å². The van der Waals surface area contributed by atoms with Gasteiger partial charge in [0.15, 0.2) is 0 Å². The topological polar surface area (TPSA) is 44.8 Å². The highest BCUT2D eigenvalue weighted by Crippen LogP contribution is 2.33. The zero-order valence-electron chi connectivity index (χ0n) is 15.1. The van der Waals surface area contributed by atoms with Crippen LogP contribution < -0.4 is 0 Å². The minimum absolute atomic E-state index is 0.543. The number of fused-ring (bicyclic) bond motifs is 1. The van der Waals surface area contributed by atoms with Gasteiger partial charge in [-0.3, -0.25) is 0 Å². The van der Waals surface area contributed by atoms with E-state index in [1.54, 1.807) is 0 Å². The Balaban J connectivity index is 1.65. The van der Waals surface area contributed by atoms with E-state index in [1.165, 1.54) is 25.0 Å². The lowest BCUT2D eigenvalue weighted by Gasteiger charge is -2.29. The molecule has 1 aliphatic heterocycles. The van der Waals surface area contributed by atoms with Crippen molar-refractivity contribution in [1.82, 2.24) is 20.1 Å². The van der Waals surface area contributed by atoms with Crippen LogP contribution in [0.25, 0.3) is 22.2 Å². The molecule has 0 aliphatic carbocycles. The fourth-order valence-corrected chi connectivity index (χ4v) is 3.91. The molecule has 4 rings (SSSR count). The molecule has 3 heterocycles. The number of nitrogens with zero attached hydrogens (tertiary/aromatic N) is 3. The first-order valence-corrected chi connectivity index (χ1v) is 9.10. The van der Waals surface area contributed by atoms with Gasteiger partial charge in [0.25, 0.3) is 0 Å². The van der Waals surface area contributed by atoms with Crippen molar-refractivity contribution in [3.8, 4) is 11.3 Å². The van der Waals surface area contributed by atoms with Crippen molar-refractivity contribution in [3.05, 3.63) is 47.8 Å². The van der Waals surface area contributed by atoms with Gasteiger partial charge in [0, 0.05) is 23.7 Å². The van der Waals surface area contributed by atoms with E-state index in [0.717, 1.165) is 48.2 Å². The highest BCUT2D eigenvalue weighted by Gasteiger charge is 2.30. The van der Waals surface area contributed by atoms with Gasteiger partial charge in [0.2, 0.25) is 0 Å². The Morgan fingerprint density at radius 3 is 2.63 bits per heavy atom. The number of nitrogens with one attached hydrogen (secondary N) is 1. The fraction of sp³-hybridized carbons (Fsp3) is 0.400. The van der Waals surface area contributed by atoms with Crippen molar-refractivity contribution in [2.75, 3.05) is 20.1 Å². The van der Waals surface area contributed by atoms with Gasteiger partial charge in [0.1, 0.15) is 5.69 Å². The number of H-pyrrole nitrogens is 1. The minimum atomic E-state index is -4.34. The molecule has 0 unspecified atom stereocenters. The molecule has 1 saturated heterocycles. The highest BCUT2D eigenvalue weighted by atomic mass is 19.4. The molecule has 0 amide bonds. The van der Waals surface area contributed by atoms with Crippen LogP contribution in [-0.4, -0.2) is 40.2 Å². The van der Waals surface area contributed by atoms with E-state index in [0.29, 0.717) is 17.2 Å². The van der Waals surface area contributed by atoms with E-state index in [-0.39, 0.29) is 0 Å². The monoisotopic (exact) mass is 374 g/mol. The second-order valence-corrected chi connectivity index (χ2v) is 7.31. The first-order valence-electron chi connectivity index (χ1n) is 9.10. The predicted molar refractivity (Wildman–Crippen MR) is 98.3 cm³/mol. The molecular formula is C20H21F3N4. The molecule has 0 saturated carbocycles. The highest BCUT2D eigenvalue weighted by molar-refractivity contribution is 5.93. The summed E-state index contributed by atoms with van der Waals surface area (Å²) in [5.74, 6) is 0.543. The maximum absolute atomic E-state index is 12.8. The molecule has 1 aromatic carbocycles. The van der Waals surface area contributed by atoms with Gasteiger partial charge in [-0.25, -0.2) is 0 Å². The smallest absolute Gasteiger partial charge is 0.360 e. The van der Waals surface area contributed by atoms with Gasteiger partial charge in [-0.15, -0.1) is 5.10 Å². The number of hydrogen-bond acceptors (Lipinski definition) is 3. The Hall–Kier alpha value is -2.41. The summed E-state index contributed by atoms with van der Waals surface area (Å²) in [5.41, 5.74) is 2.41. The van der Waals surface area contributed by atoms with E-state index >= 15 is 0 Å².